The summed E-state index contributed by atoms with van der Waals surface area (Å²) in [4.78, 5) is 16.6. The average molecular weight is 407 g/mol. The van der Waals surface area contributed by atoms with Crippen molar-refractivity contribution in [2.45, 2.75) is 32.1 Å². The summed E-state index contributed by atoms with van der Waals surface area (Å²) in [7, 11) is 0. The Morgan fingerprint density at radius 1 is 1.21 bits per heavy atom. The molecule has 2 atom stereocenters. The molecule has 0 amide bonds. The second kappa shape index (κ2) is 8.61. The van der Waals surface area contributed by atoms with Crippen molar-refractivity contribution in [3.8, 4) is 0 Å². The number of hydrogen-bond donors (Lipinski definition) is 3. The van der Waals surface area contributed by atoms with Crippen molar-refractivity contribution in [1.82, 2.24) is 19.9 Å². The Hall–Kier alpha value is -2.59. The molecule has 3 N–H and O–H groups in total. The highest BCUT2D eigenvalue weighted by molar-refractivity contribution is 6.30. The molecule has 1 aromatic carbocycles. The number of halogens is 1. The number of nitrogens with zero attached hydrogens (tertiary/aromatic N) is 4. The van der Waals surface area contributed by atoms with Gasteiger partial charge >= 0.3 is 0 Å². The highest BCUT2D eigenvalue weighted by Gasteiger charge is 2.17. The zero-order valence-corrected chi connectivity index (χ0v) is 15.7. The molecule has 9 nitrogen and oxygen atoms in total. The molecule has 10 heteroatoms. The number of aliphatic hydroxyl groups excluding tert-OH is 3. The first kappa shape index (κ1) is 20.2. The van der Waals surface area contributed by atoms with Gasteiger partial charge in [-0.3, -0.25) is 4.79 Å². The monoisotopic (exact) mass is 406 g/mol. The SMILES string of the molecule is Cc1c([C@@H](O)CO)cnn(Cc2nc(C[C@H](O)c3ccc(Cl)cc3)no2)c1=O. The van der Waals surface area contributed by atoms with Gasteiger partial charge in [-0.2, -0.15) is 10.1 Å². The van der Waals surface area contributed by atoms with Crippen LogP contribution < -0.4 is 5.56 Å². The van der Waals surface area contributed by atoms with Crippen LogP contribution in [0.1, 0.15) is 40.6 Å². The normalized spacial score (nSPS) is 13.5. The summed E-state index contributed by atoms with van der Waals surface area (Å²) in [6, 6.07) is 6.78. The summed E-state index contributed by atoms with van der Waals surface area (Å²) in [5.41, 5.74) is 0.767. The van der Waals surface area contributed by atoms with Crippen molar-refractivity contribution in [1.29, 1.82) is 0 Å². The van der Waals surface area contributed by atoms with Crippen LogP contribution in [0.15, 0.2) is 39.8 Å². The zero-order valence-electron chi connectivity index (χ0n) is 15.0. The molecule has 0 aliphatic heterocycles. The Morgan fingerprint density at radius 3 is 2.61 bits per heavy atom. The largest absolute Gasteiger partial charge is 0.393 e. The molecule has 3 aromatic rings. The Morgan fingerprint density at radius 2 is 1.93 bits per heavy atom. The Bertz CT molecular complexity index is 1000. The molecule has 2 aromatic heterocycles. The minimum absolute atomic E-state index is 0.0563. The quantitative estimate of drug-likeness (QED) is 0.527. The lowest BCUT2D eigenvalue weighted by Crippen LogP contribution is -2.28. The molecule has 0 aliphatic carbocycles. The Kier molecular flexibility index (Phi) is 6.20. The minimum Gasteiger partial charge on any atom is -0.393 e. The molecule has 0 saturated heterocycles. The summed E-state index contributed by atoms with van der Waals surface area (Å²) in [5.74, 6) is 0.442. The van der Waals surface area contributed by atoms with Gasteiger partial charge in [0.1, 0.15) is 12.6 Å². The lowest BCUT2D eigenvalue weighted by Gasteiger charge is -2.11. The number of rotatable bonds is 7. The lowest BCUT2D eigenvalue weighted by molar-refractivity contribution is 0.0944. The van der Waals surface area contributed by atoms with Crippen molar-refractivity contribution < 1.29 is 19.8 Å². The minimum atomic E-state index is -1.17. The molecule has 148 valence electrons. The second-order valence-electron chi connectivity index (χ2n) is 6.26. The summed E-state index contributed by atoms with van der Waals surface area (Å²) in [6.07, 6.45) is -0.544. The van der Waals surface area contributed by atoms with E-state index in [1.165, 1.54) is 13.1 Å². The van der Waals surface area contributed by atoms with Crippen molar-refractivity contribution in [3.63, 3.8) is 0 Å². The first-order valence-electron chi connectivity index (χ1n) is 8.49. The fourth-order valence-corrected chi connectivity index (χ4v) is 2.81. The second-order valence-corrected chi connectivity index (χ2v) is 6.70. The predicted octanol–water partition coefficient (Wildman–Crippen LogP) is 0.938. The zero-order chi connectivity index (χ0) is 20.3. The average Bonchev–Trinajstić information content (AvgIpc) is 3.12. The Labute approximate surface area is 164 Å². The maximum absolute atomic E-state index is 12.4. The van der Waals surface area contributed by atoms with Crippen LogP contribution in [0.3, 0.4) is 0 Å². The number of hydrogen-bond acceptors (Lipinski definition) is 8. The molecule has 0 radical (unpaired) electrons. The smallest absolute Gasteiger partial charge is 0.270 e. The van der Waals surface area contributed by atoms with E-state index in [4.69, 9.17) is 21.2 Å². The number of benzene rings is 1. The third kappa shape index (κ3) is 4.45. The van der Waals surface area contributed by atoms with Crippen molar-refractivity contribution in [2.24, 2.45) is 0 Å². The first-order chi connectivity index (χ1) is 13.4. The van der Waals surface area contributed by atoms with E-state index in [2.05, 4.69) is 15.2 Å². The van der Waals surface area contributed by atoms with E-state index in [1.807, 2.05) is 0 Å². The van der Waals surface area contributed by atoms with Crippen LogP contribution in [0.2, 0.25) is 5.02 Å². The summed E-state index contributed by atoms with van der Waals surface area (Å²) in [6.45, 7) is 0.977. The number of aromatic nitrogens is 4. The Balaban J connectivity index is 1.72. The van der Waals surface area contributed by atoms with Crippen LogP contribution in [0.4, 0.5) is 0 Å². The van der Waals surface area contributed by atoms with Gasteiger partial charge in [-0.05, 0) is 24.6 Å². The fraction of sp³-hybridized carbons (Fsp3) is 0.333. The van der Waals surface area contributed by atoms with Gasteiger partial charge in [0.05, 0.1) is 18.9 Å². The van der Waals surface area contributed by atoms with E-state index >= 15 is 0 Å². The van der Waals surface area contributed by atoms with Gasteiger partial charge in [0.15, 0.2) is 5.82 Å². The molecule has 0 aliphatic rings. The third-order valence-electron chi connectivity index (χ3n) is 4.28. The van der Waals surface area contributed by atoms with Gasteiger partial charge in [0, 0.05) is 22.6 Å². The van der Waals surface area contributed by atoms with E-state index in [0.717, 1.165) is 4.68 Å². The van der Waals surface area contributed by atoms with Gasteiger partial charge in [-0.15, -0.1) is 0 Å². The highest BCUT2D eigenvalue weighted by Crippen LogP contribution is 2.19. The summed E-state index contributed by atoms with van der Waals surface area (Å²) in [5, 5.41) is 37.4. The van der Waals surface area contributed by atoms with Gasteiger partial charge in [-0.1, -0.05) is 28.9 Å². The molecule has 28 heavy (non-hydrogen) atoms. The molecule has 2 heterocycles. The van der Waals surface area contributed by atoms with E-state index in [9.17, 15) is 15.0 Å². The van der Waals surface area contributed by atoms with E-state index in [0.29, 0.717) is 10.6 Å². The summed E-state index contributed by atoms with van der Waals surface area (Å²) >= 11 is 5.83. The standard InChI is InChI=1S/C18H19ClN4O5/c1-10-13(15(26)9-24)7-20-23(18(10)27)8-17-21-16(22-28-17)6-14(25)11-2-4-12(19)5-3-11/h2-5,7,14-15,24-26H,6,8-9H2,1H3/t14-,15-/m0/s1. The molecular formula is C18H19ClN4O5. The van der Waals surface area contributed by atoms with Crippen LogP contribution in [0.25, 0.3) is 0 Å². The molecule has 0 bridgehead atoms. The third-order valence-corrected chi connectivity index (χ3v) is 4.53. The van der Waals surface area contributed by atoms with E-state index in [1.54, 1.807) is 24.3 Å². The first-order valence-corrected chi connectivity index (χ1v) is 8.87. The van der Waals surface area contributed by atoms with Crippen LogP contribution in [0, 0.1) is 6.92 Å². The molecular weight excluding hydrogens is 388 g/mol. The van der Waals surface area contributed by atoms with E-state index in [-0.39, 0.29) is 35.8 Å². The van der Waals surface area contributed by atoms with Crippen LogP contribution in [0.5, 0.6) is 0 Å². The van der Waals surface area contributed by atoms with Crippen LogP contribution in [-0.2, 0) is 13.0 Å². The fourth-order valence-electron chi connectivity index (χ4n) is 2.69. The van der Waals surface area contributed by atoms with Gasteiger partial charge < -0.3 is 19.8 Å². The molecule has 0 unspecified atom stereocenters. The van der Waals surface area contributed by atoms with Gasteiger partial charge in [0.25, 0.3) is 5.56 Å². The van der Waals surface area contributed by atoms with Crippen LogP contribution >= 0.6 is 11.6 Å². The van der Waals surface area contributed by atoms with Crippen molar-refractivity contribution in [3.05, 3.63) is 74.2 Å². The maximum Gasteiger partial charge on any atom is 0.270 e. The molecule has 0 spiro atoms. The van der Waals surface area contributed by atoms with Crippen molar-refractivity contribution in [2.75, 3.05) is 6.61 Å². The summed E-state index contributed by atoms with van der Waals surface area (Å²) < 4.78 is 6.26. The van der Waals surface area contributed by atoms with Crippen LogP contribution in [-0.4, -0.2) is 41.8 Å². The van der Waals surface area contributed by atoms with Gasteiger partial charge in [0.2, 0.25) is 5.89 Å². The van der Waals surface area contributed by atoms with Crippen molar-refractivity contribution >= 4 is 11.6 Å². The predicted molar refractivity (Wildman–Crippen MR) is 98.8 cm³/mol. The number of aliphatic hydroxyl groups is 3. The molecule has 0 saturated carbocycles. The van der Waals surface area contributed by atoms with Gasteiger partial charge in [-0.25, -0.2) is 4.68 Å². The lowest BCUT2D eigenvalue weighted by atomic mass is 10.1. The maximum atomic E-state index is 12.4. The molecule has 3 rings (SSSR count). The topological polar surface area (TPSA) is 134 Å². The molecule has 0 fully saturated rings. The van der Waals surface area contributed by atoms with E-state index < -0.39 is 24.4 Å². The highest BCUT2D eigenvalue weighted by atomic mass is 35.5.